The van der Waals surface area contributed by atoms with Gasteiger partial charge in [-0.25, -0.2) is 0 Å². The first-order valence-electron chi connectivity index (χ1n) is 7.86. The normalized spacial score (nSPS) is 27.8. The molecule has 1 aliphatic carbocycles. The molecule has 4 heteroatoms. The molecule has 118 valence electrons. The van der Waals surface area contributed by atoms with Gasteiger partial charge in [-0.15, -0.1) is 0 Å². The first-order valence-corrected chi connectivity index (χ1v) is 8.66. The summed E-state index contributed by atoms with van der Waals surface area (Å²) in [6, 6.07) is 8.71. The van der Waals surface area contributed by atoms with Crippen molar-refractivity contribution in [1.29, 1.82) is 0 Å². The van der Waals surface area contributed by atoms with Gasteiger partial charge >= 0.3 is 0 Å². The number of likely N-dealkylation sites (N-methyl/N-ethyl adjacent to an activating group) is 1. The van der Waals surface area contributed by atoms with E-state index in [0.717, 1.165) is 12.3 Å². The number of benzene rings is 1. The fourth-order valence-electron chi connectivity index (χ4n) is 3.66. The highest BCUT2D eigenvalue weighted by Crippen LogP contribution is 2.39. The standard InChI is InChI=1S/C17H28BrN3/c1-13-8-10-17(11-9-13,21(2)3)16(20-19)12-14-6-4-5-7-15(14)18/h4-7,13,16,20H,8-12,19H2,1-3H3. The highest BCUT2D eigenvalue weighted by Gasteiger charge is 2.42. The van der Waals surface area contributed by atoms with Gasteiger partial charge in [0, 0.05) is 16.1 Å². The Balaban J connectivity index is 2.23. The Morgan fingerprint density at radius 2 is 1.95 bits per heavy atom. The summed E-state index contributed by atoms with van der Waals surface area (Å²) in [6.45, 7) is 2.36. The van der Waals surface area contributed by atoms with Gasteiger partial charge in [-0.1, -0.05) is 41.1 Å². The van der Waals surface area contributed by atoms with Crippen LogP contribution in [-0.2, 0) is 6.42 Å². The molecule has 2 rings (SSSR count). The largest absolute Gasteiger partial charge is 0.302 e. The maximum Gasteiger partial charge on any atom is 0.0435 e. The average Bonchev–Trinajstić information content (AvgIpc) is 2.47. The second-order valence-corrected chi connectivity index (χ2v) is 7.55. The molecule has 0 aromatic heterocycles. The van der Waals surface area contributed by atoms with Crippen LogP contribution in [0.5, 0.6) is 0 Å². The van der Waals surface area contributed by atoms with Crippen molar-refractivity contribution in [3.8, 4) is 0 Å². The van der Waals surface area contributed by atoms with Crippen molar-refractivity contribution in [2.24, 2.45) is 11.8 Å². The third-order valence-electron chi connectivity index (χ3n) is 5.26. The van der Waals surface area contributed by atoms with Gasteiger partial charge in [-0.05, 0) is 63.7 Å². The third kappa shape index (κ3) is 3.67. The molecule has 0 saturated heterocycles. The van der Waals surface area contributed by atoms with E-state index in [1.54, 1.807) is 0 Å². The molecule has 1 aromatic carbocycles. The summed E-state index contributed by atoms with van der Waals surface area (Å²) in [5.41, 5.74) is 4.59. The van der Waals surface area contributed by atoms with E-state index in [1.807, 2.05) is 0 Å². The zero-order valence-electron chi connectivity index (χ0n) is 13.4. The van der Waals surface area contributed by atoms with Gasteiger partial charge in [0.25, 0.3) is 0 Å². The van der Waals surface area contributed by atoms with E-state index in [9.17, 15) is 0 Å². The van der Waals surface area contributed by atoms with E-state index in [4.69, 9.17) is 5.84 Å². The van der Waals surface area contributed by atoms with E-state index in [2.05, 4.69) is 71.5 Å². The van der Waals surface area contributed by atoms with Crippen LogP contribution in [0.3, 0.4) is 0 Å². The molecule has 0 aliphatic heterocycles. The molecular weight excluding hydrogens is 326 g/mol. The lowest BCUT2D eigenvalue weighted by Gasteiger charge is -2.49. The van der Waals surface area contributed by atoms with Crippen LogP contribution in [0, 0.1) is 5.92 Å². The van der Waals surface area contributed by atoms with Crippen LogP contribution >= 0.6 is 15.9 Å². The summed E-state index contributed by atoms with van der Waals surface area (Å²) in [5, 5.41) is 0. The van der Waals surface area contributed by atoms with Gasteiger partial charge in [0.1, 0.15) is 0 Å². The zero-order valence-corrected chi connectivity index (χ0v) is 15.0. The molecule has 1 atom stereocenters. The number of hydrogen-bond acceptors (Lipinski definition) is 3. The summed E-state index contributed by atoms with van der Waals surface area (Å²) in [7, 11) is 4.39. The number of halogens is 1. The Morgan fingerprint density at radius 1 is 1.33 bits per heavy atom. The number of hydrazine groups is 1. The van der Waals surface area contributed by atoms with E-state index in [-0.39, 0.29) is 11.6 Å². The van der Waals surface area contributed by atoms with Crippen LogP contribution in [-0.4, -0.2) is 30.6 Å². The predicted octanol–water partition coefficient (Wildman–Crippen LogP) is 3.33. The van der Waals surface area contributed by atoms with Crippen molar-refractivity contribution in [2.75, 3.05) is 14.1 Å². The van der Waals surface area contributed by atoms with Gasteiger partial charge in [-0.3, -0.25) is 11.3 Å². The van der Waals surface area contributed by atoms with Crippen LogP contribution in [0.15, 0.2) is 28.7 Å². The summed E-state index contributed by atoms with van der Waals surface area (Å²) < 4.78 is 1.17. The predicted molar refractivity (Wildman–Crippen MR) is 93.0 cm³/mol. The Hall–Kier alpha value is -0.420. The molecule has 1 saturated carbocycles. The molecule has 3 N–H and O–H groups in total. The SMILES string of the molecule is CC1CCC(C(Cc2ccccc2Br)NN)(N(C)C)CC1. The molecule has 0 bridgehead atoms. The molecule has 3 nitrogen and oxygen atoms in total. The quantitative estimate of drug-likeness (QED) is 0.630. The minimum Gasteiger partial charge on any atom is -0.302 e. The van der Waals surface area contributed by atoms with E-state index in [1.165, 1.54) is 35.7 Å². The van der Waals surface area contributed by atoms with Gasteiger partial charge < -0.3 is 4.90 Å². The van der Waals surface area contributed by atoms with Crippen molar-refractivity contribution in [3.63, 3.8) is 0 Å². The van der Waals surface area contributed by atoms with Crippen LogP contribution < -0.4 is 11.3 Å². The monoisotopic (exact) mass is 353 g/mol. The molecule has 21 heavy (non-hydrogen) atoms. The topological polar surface area (TPSA) is 41.3 Å². The lowest BCUT2D eigenvalue weighted by atomic mass is 9.71. The molecule has 0 spiro atoms. The molecule has 0 heterocycles. The average molecular weight is 354 g/mol. The van der Waals surface area contributed by atoms with Crippen LogP contribution in [0.1, 0.15) is 38.2 Å². The van der Waals surface area contributed by atoms with Crippen molar-refractivity contribution >= 4 is 15.9 Å². The number of nitrogens with zero attached hydrogens (tertiary/aromatic N) is 1. The second kappa shape index (κ2) is 7.23. The maximum absolute atomic E-state index is 5.97. The second-order valence-electron chi connectivity index (χ2n) is 6.70. The van der Waals surface area contributed by atoms with E-state index < -0.39 is 0 Å². The highest BCUT2D eigenvalue weighted by atomic mass is 79.9. The summed E-state index contributed by atoms with van der Waals surface area (Å²) in [6.07, 6.45) is 5.93. The molecular formula is C17H28BrN3. The minimum absolute atomic E-state index is 0.149. The van der Waals surface area contributed by atoms with Gasteiger partial charge in [-0.2, -0.15) is 0 Å². The number of nitrogens with two attached hydrogens (primary N) is 1. The van der Waals surface area contributed by atoms with Gasteiger partial charge in [0.2, 0.25) is 0 Å². The number of hydrogen-bond donors (Lipinski definition) is 2. The molecule has 1 fully saturated rings. The number of nitrogens with one attached hydrogen (secondary N) is 1. The summed E-state index contributed by atoms with van der Waals surface area (Å²) in [5.74, 6) is 6.80. The molecule has 0 radical (unpaired) electrons. The fourth-order valence-corrected chi connectivity index (χ4v) is 4.10. The Bertz CT molecular complexity index is 453. The smallest absolute Gasteiger partial charge is 0.0435 e. The van der Waals surface area contributed by atoms with E-state index in [0.29, 0.717) is 0 Å². The van der Waals surface area contributed by atoms with Crippen molar-refractivity contribution in [2.45, 2.75) is 50.6 Å². The Kier molecular flexibility index (Phi) is 5.83. The Morgan fingerprint density at radius 3 is 2.48 bits per heavy atom. The zero-order chi connectivity index (χ0) is 15.5. The molecule has 1 aliphatic rings. The van der Waals surface area contributed by atoms with E-state index >= 15 is 0 Å². The molecule has 1 aromatic rings. The van der Waals surface area contributed by atoms with Crippen LogP contribution in [0.25, 0.3) is 0 Å². The van der Waals surface area contributed by atoms with Crippen molar-refractivity contribution in [3.05, 3.63) is 34.3 Å². The van der Waals surface area contributed by atoms with Crippen molar-refractivity contribution in [1.82, 2.24) is 10.3 Å². The van der Waals surface area contributed by atoms with Crippen molar-refractivity contribution < 1.29 is 0 Å². The summed E-state index contributed by atoms with van der Waals surface area (Å²) >= 11 is 3.66. The molecule has 1 unspecified atom stereocenters. The third-order valence-corrected chi connectivity index (χ3v) is 6.04. The summed E-state index contributed by atoms with van der Waals surface area (Å²) in [4.78, 5) is 2.39. The van der Waals surface area contributed by atoms with Gasteiger partial charge in [0.15, 0.2) is 0 Å². The lowest BCUT2D eigenvalue weighted by Crippen LogP contribution is -2.62. The number of rotatable bonds is 5. The highest BCUT2D eigenvalue weighted by molar-refractivity contribution is 9.10. The first-order chi connectivity index (χ1) is 9.99. The fraction of sp³-hybridized carbons (Fsp3) is 0.647. The Labute approximate surface area is 137 Å². The molecule has 0 amide bonds. The lowest BCUT2D eigenvalue weighted by molar-refractivity contribution is 0.0434. The minimum atomic E-state index is 0.149. The van der Waals surface area contributed by atoms with Crippen LogP contribution in [0.2, 0.25) is 0 Å². The van der Waals surface area contributed by atoms with Crippen LogP contribution in [0.4, 0.5) is 0 Å². The maximum atomic E-state index is 5.97. The van der Waals surface area contributed by atoms with Gasteiger partial charge in [0.05, 0.1) is 0 Å². The first kappa shape index (κ1) is 16.9.